The molecule has 120 valence electrons. The van der Waals surface area contributed by atoms with E-state index in [-0.39, 0.29) is 17.4 Å². The summed E-state index contributed by atoms with van der Waals surface area (Å²) in [5.41, 5.74) is 0.775. The molecule has 0 saturated heterocycles. The third kappa shape index (κ3) is 2.72. The number of halogens is 3. The van der Waals surface area contributed by atoms with E-state index in [1.807, 2.05) is 0 Å². The molecule has 0 bridgehead atoms. The Morgan fingerprint density at radius 2 is 2.09 bits per heavy atom. The number of nitrogens with zero attached hydrogens (tertiary/aromatic N) is 1. The van der Waals surface area contributed by atoms with Crippen LogP contribution < -0.4 is 5.32 Å². The number of carbonyl (C=O) groups is 1. The third-order valence-corrected chi connectivity index (χ3v) is 4.60. The standard InChI is InChI=1S/C16H19F3N2O/c1-21(8-9-6-10(17)7-9)16(22)15-12-2-3-13(18)14(19)11(12)4-5-20-15/h2-3,9-10,15,20H,4-8H2,1H3. The Morgan fingerprint density at radius 1 is 1.36 bits per heavy atom. The molecule has 1 fully saturated rings. The molecule has 1 amide bonds. The van der Waals surface area contributed by atoms with Crippen LogP contribution in [0.5, 0.6) is 0 Å². The quantitative estimate of drug-likeness (QED) is 0.929. The molecule has 2 aliphatic rings. The fourth-order valence-electron chi connectivity index (χ4n) is 3.30. The Bertz CT molecular complexity index is 587. The van der Waals surface area contributed by atoms with E-state index in [0.29, 0.717) is 37.9 Å². The molecule has 6 heteroatoms. The van der Waals surface area contributed by atoms with Crippen LogP contribution in [0.25, 0.3) is 0 Å². The largest absolute Gasteiger partial charge is 0.344 e. The van der Waals surface area contributed by atoms with Crippen molar-refractivity contribution in [3.8, 4) is 0 Å². The summed E-state index contributed by atoms with van der Waals surface area (Å²) in [5, 5.41) is 3.07. The molecule has 1 aromatic carbocycles. The third-order valence-electron chi connectivity index (χ3n) is 4.60. The first-order chi connectivity index (χ1) is 10.5. The molecular formula is C16H19F3N2O. The molecular weight excluding hydrogens is 293 g/mol. The van der Waals surface area contributed by atoms with Gasteiger partial charge in [0.15, 0.2) is 11.6 Å². The van der Waals surface area contributed by atoms with E-state index in [1.165, 1.54) is 6.07 Å². The van der Waals surface area contributed by atoms with Gasteiger partial charge in [0.1, 0.15) is 12.2 Å². The van der Waals surface area contributed by atoms with Gasteiger partial charge in [-0.15, -0.1) is 0 Å². The molecule has 0 spiro atoms. The predicted octanol–water partition coefficient (Wildman–Crippen LogP) is 2.36. The van der Waals surface area contributed by atoms with Crippen LogP contribution in [-0.4, -0.2) is 37.1 Å². The fraction of sp³-hybridized carbons (Fsp3) is 0.562. The van der Waals surface area contributed by atoms with Gasteiger partial charge >= 0.3 is 0 Å². The first-order valence-corrected chi connectivity index (χ1v) is 7.56. The summed E-state index contributed by atoms with van der Waals surface area (Å²) in [6.07, 6.45) is 0.593. The predicted molar refractivity (Wildman–Crippen MR) is 76.1 cm³/mol. The maximum atomic E-state index is 13.9. The molecule has 1 aliphatic heterocycles. The number of nitrogens with one attached hydrogen (secondary N) is 1. The monoisotopic (exact) mass is 312 g/mol. The van der Waals surface area contributed by atoms with E-state index in [2.05, 4.69) is 5.32 Å². The van der Waals surface area contributed by atoms with Crippen molar-refractivity contribution in [3.05, 3.63) is 34.9 Å². The molecule has 1 heterocycles. The average molecular weight is 312 g/mol. The molecule has 1 unspecified atom stereocenters. The number of fused-ring (bicyclic) bond motifs is 1. The zero-order valence-electron chi connectivity index (χ0n) is 12.4. The van der Waals surface area contributed by atoms with Gasteiger partial charge in [-0.25, -0.2) is 13.2 Å². The normalized spacial score (nSPS) is 27.0. The smallest absolute Gasteiger partial charge is 0.244 e. The lowest BCUT2D eigenvalue weighted by molar-refractivity contribution is -0.133. The molecule has 1 N–H and O–H groups in total. The highest BCUT2D eigenvalue weighted by Gasteiger charge is 2.34. The van der Waals surface area contributed by atoms with E-state index in [9.17, 15) is 18.0 Å². The molecule has 0 aromatic heterocycles. The maximum Gasteiger partial charge on any atom is 0.244 e. The summed E-state index contributed by atoms with van der Waals surface area (Å²) in [6, 6.07) is 1.86. The Morgan fingerprint density at radius 3 is 2.77 bits per heavy atom. The number of alkyl halides is 1. The number of amides is 1. The van der Waals surface area contributed by atoms with Crippen LogP contribution in [0.2, 0.25) is 0 Å². The van der Waals surface area contributed by atoms with Gasteiger partial charge in [0.25, 0.3) is 0 Å². The topological polar surface area (TPSA) is 32.3 Å². The SMILES string of the molecule is CN(CC1CC(F)C1)C(=O)C1NCCc2c1ccc(F)c2F. The second kappa shape index (κ2) is 5.91. The Hall–Kier alpha value is -1.56. The van der Waals surface area contributed by atoms with Crippen molar-refractivity contribution in [1.29, 1.82) is 0 Å². The first kappa shape index (κ1) is 15.3. The minimum Gasteiger partial charge on any atom is -0.344 e. The van der Waals surface area contributed by atoms with Crippen LogP contribution >= 0.6 is 0 Å². The molecule has 22 heavy (non-hydrogen) atoms. The van der Waals surface area contributed by atoms with Gasteiger partial charge in [0.2, 0.25) is 5.91 Å². The summed E-state index contributed by atoms with van der Waals surface area (Å²) >= 11 is 0. The van der Waals surface area contributed by atoms with E-state index >= 15 is 0 Å². The van der Waals surface area contributed by atoms with Gasteiger partial charge in [-0.2, -0.15) is 0 Å². The summed E-state index contributed by atoms with van der Waals surface area (Å²) in [7, 11) is 1.67. The average Bonchev–Trinajstić information content (AvgIpc) is 2.48. The van der Waals surface area contributed by atoms with E-state index in [1.54, 1.807) is 11.9 Å². The summed E-state index contributed by atoms with van der Waals surface area (Å²) in [5.74, 6) is -1.74. The Labute approximate surface area is 127 Å². The second-order valence-electron chi connectivity index (χ2n) is 6.22. The second-order valence-corrected chi connectivity index (χ2v) is 6.22. The molecule has 1 saturated carbocycles. The number of rotatable bonds is 3. The number of hydrogen-bond donors (Lipinski definition) is 1. The van der Waals surface area contributed by atoms with Crippen LogP contribution in [0, 0.1) is 17.6 Å². The maximum absolute atomic E-state index is 13.9. The lowest BCUT2D eigenvalue weighted by atomic mass is 9.83. The number of carbonyl (C=O) groups excluding carboxylic acids is 1. The molecule has 1 aromatic rings. The lowest BCUT2D eigenvalue weighted by Crippen LogP contribution is -2.45. The van der Waals surface area contributed by atoms with Crippen molar-refractivity contribution < 1.29 is 18.0 Å². The molecule has 3 rings (SSSR count). The van der Waals surface area contributed by atoms with Crippen LogP contribution in [0.15, 0.2) is 12.1 Å². The van der Waals surface area contributed by atoms with Gasteiger partial charge in [0, 0.05) is 20.1 Å². The number of likely N-dealkylation sites (N-methyl/N-ethyl adjacent to an activating group) is 1. The molecule has 1 aliphatic carbocycles. The summed E-state index contributed by atoms with van der Waals surface area (Å²) < 4.78 is 40.1. The van der Waals surface area contributed by atoms with Crippen molar-refractivity contribution in [3.63, 3.8) is 0 Å². The molecule has 0 radical (unpaired) electrons. The van der Waals surface area contributed by atoms with Gasteiger partial charge in [-0.1, -0.05) is 6.07 Å². The van der Waals surface area contributed by atoms with E-state index in [4.69, 9.17) is 0 Å². The fourth-order valence-corrected chi connectivity index (χ4v) is 3.30. The van der Waals surface area contributed by atoms with Crippen LogP contribution in [0.1, 0.15) is 30.0 Å². The van der Waals surface area contributed by atoms with Crippen LogP contribution in [0.3, 0.4) is 0 Å². The van der Waals surface area contributed by atoms with E-state index < -0.39 is 23.8 Å². The van der Waals surface area contributed by atoms with Crippen molar-refractivity contribution >= 4 is 5.91 Å². The highest BCUT2D eigenvalue weighted by molar-refractivity contribution is 5.84. The molecule has 1 atom stereocenters. The van der Waals surface area contributed by atoms with Gasteiger partial charge in [0.05, 0.1) is 0 Å². The number of hydrogen-bond acceptors (Lipinski definition) is 2. The van der Waals surface area contributed by atoms with Crippen molar-refractivity contribution in [2.75, 3.05) is 20.1 Å². The molecule has 3 nitrogen and oxygen atoms in total. The zero-order chi connectivity index (χ0) is 15.9. The van der Waals surface area contributed by atoms with Gasteiger partial charge in [-0.05, 0) is 42.4 Å². The van der Waals surface area contributed by atoms with Crippen molar-refractivity contribution in [2.45, 2.75) is 31.5 Å². The van der Waals surface area contributed by atoms with Crippen molar-refractivity contribution in [1.82, 2.24) is 10.2 Å². The van der Waals surface area contributed by atoms with E-state index in [0.717, 1.165) is 6.07 Å². The highest BCUT2D eigenvalue weighted by Crippen LogP contribution is 2.32. The highest BCUT2D eigenvalue weighted by atomic mass is 19.2. The Kier molecular flexibility index (Phi) is 4.12. The summed E-state index contributed by atoms with van der Waals surface area (Å²) in [6.45, 7) is 0.921. The van der Waals surface area contributed by atoms with Crippen LogP contribution in [0.4, 0.5) is 13.2 Å². The van der Waals surface area contributed by atoms with Gasteiger partial charge < -0.3 is 10.2 Å². The Balaban J connectivity index is 1.75. The minimum absolute atomic E-state index is 0.186. The van der Waals surface area contributed by atoms with Crippen LogP contribution in [-0.2, 0) is 11.2 Å². The van der Waals surface area contributed by atoms with Crippen molar-refractivity contribution in [2.24, 2.45) is 5.92 Å². The number of benzene rings is 1. The first-order valence-electron chi connectivity index (χ1n) is 7.56. The zero-order valence-corrected chi connectivity index (χ0v) is 12.4. The minimum atomic E-state index is -0.886. The van der Waals surface area contributed by atoms with Gasteiger partial charge in [-0.3, -0.25) is 4.79 Å². The summed E-state index contributed by atoms with van der Waals surface area (Å²) in [4.78, 5) is 14.1. The lowest BCUT2D eigenvalue weighted by Gasteiger charge is -2.35.